The van der Waals surface area contributed by atoms with Gasteiger partial charge in [0.05, 0.1) is 15.6 Å². The van der Waals surface area contributed by atoms with Gasteiger partial charge in [-0.25, -0.2) is 18.2 Å². The Morgan fingerprint density at radius 3 is 2.36 bits per heavy atom. The van der Waals surface area contributed by atoms with Gasteiger partial charge in [0.2, 0.25) is 10.0 Å². The summed E-state index contributed by atoms with van der Waals surface area (Å²) in [6, 6.07) is 4.54. The highest BCUT2D eigenvalue weighted by atomic mass is 35.5. The second-order valence-corrected chi connectivity index (χ2v) is 8.54. The summed E-state index contributed by atoms with van der Waals surface area (Å²) in [5.74, 6) is -0.563. The highest BCUT2D eigenvalue weighted by Gasteiger charge is 2.33. The van der Waals surface area contributed by atoms with Crippen LogP contribution in [0.4, 0.5) is 0 Å². The van der Waals surface area contributed by atoms with Crippen molar-refractivity contribution in [1.82, 2.24) is 14.4 Å². The van der Waals surface area contributed by atoms with Crippen molar-refractivity contribution in [2.75, 3.05) is 26.2 Å². The van der Waals surface area contributed by atoms with Crippen molar-refractivity contribution in [3.63, 3.8) is 0 Å². The molecule has 0 saturated carbocycles. The van der Waals surface area contributed by atoms with E-state index in [2.05, 4.69) is 4.98 Å². The molecule has 2 aromatic rings. The third-order valence-corrected chi connectivity index (χ3v) is 7.01. The summed E-state index contributed by atoms with van der Waals surface area (Å²) in [4.78, 5) is 20.9. The summed E-state index contributed by atoms with van der Waals surface area (Å²) in [6.07, 6.45) is 0. The number of aromatic nitrogens is 1. The van der Waals surface area contributed by atoms with Crippen molar-refractivity contribution in [2.24, 2.45) is 0 Å². The lowest BCUT2D eigenvalue weighted by atomic mass is 10.4. The van der Waals surface area contributed by atoms with Crippen LogP contribution in [0.3, 0.4) is 0 Å². The molecule has 0 bridgehead atoms. The predicted molar refractivity (Wildman–Crippen MR) is 94.3 cm³/mol. The average Bonchev–Trinajstić information content (AvgIpc) is 3.09. The number of thiazole rings is 1. The molecule has 0 amide bonds. The van der Waals surface area contributed by atoms with Crippen molar-refractivity contribution in [3.8, 4) is 0 Å². The van der Waals surface area contributed by atoms with Crippen LogP contribution in [0, 0.1) is 0 Å². The number of carbonyl (C=O) groups is 1. The standard InChI is InChI=1S/C14H13Cl2N3O4S2/c15-10-2-1-3-11(16)13(10)25(21,22)19-6-4-18(5-7-19)23-14(20)12-8-24-9-17-12/h1-3,8-9H,4-7H2. The van der Waals surface area contributed by atoms with Crippen LogP contribution in [0.25, 0.3) is 0 Å². The molecule has 1 aromatic carbocycles. The zero-order chi connectivity index (χ0) is 18.0. The van der Waals surface area contributed by atoms with E-state index in [-0.39, 0.29) is 46.8 Å². The molecule has 11 heteroatoms. The van der Waals surface area contributed by atoms with Gasteiger partial charge in [0.25, 0.3) is 0 Å². The van der Waals surface area contributed by atoms with Crippen LogP contribution in [0.1, 0.15) is 10.5 Å². The number of carbonyl (C=O) groups excluding carboxylic acids is 1. The summed E-state index contributed by atoms with van der Waals surface area (Å²) >= 11 is 13.3. The second kappa shape index (κ2) is 7.56. The zero-order valence-electron chi connectivity index (χ0n) is 12.8. The Labute approximate surface area is 158 Å². The molecule has 1 aliphatic heterocycles. The number of sulfonamides is 1. The Hall–Kier alpha value is -1.23. The lowest BCUT2D eigenvalue weighted by molar-refractivity contribution is -0.123. The van der Waals surface area contributed by atoms with E-state index < -0.39 is 16.0 Å². The maximum absolute atomic E-state index is 12.8. The third kappa shape index (κ3) is 3.97. The monoisotopic (exact) mass is 421 g/mol. The van der Waals surface area contributed by atoms with Gasteiger partial charge < -0.3 is 4.84 Å². The lowest BCUT2D eigenvalue weighted by Crippen LogP contribution is -2.49. The van der Waals surface area contributed by atoms with Crippen LogP contribution in [-0.4, -0.2) is 54.9 Å². The molecule has 7 nitrogen and oxygen atoms in total. The quantitative estimate of drug-likeness (QED) is 0.754. The molecule has 1 aliphatic rings. The highest BCUT2D eigenvalue weighted by Crippen LogP contribution is 2.31. The molecular weight excluding hydrogens is 409 g/mol. The molecule has 1 fully saturated rings. The van der Waals surface area contributed by atoms with Crippen molar-refractivity contribution in [3.05, 3.63) is 44.8 Å². The first-order valence-electron chi connectivity index (χ1n) is 7.19. The molecule has 134 valence electrons. The zero-order valence-corrected chi connectivity index (χ0v) is 15.9. The molecule has 0 unspecified atom stereocenters. The van der Waals surface area contributed by atoms with E-state index >= 15 is 0 Å². The molecule has 3 rings (SSSR count). The largest absolute Gasteiger partial charge is 0.376 e. The van der Waals surface area contributed by atoms with Gasteiger partial charge in [-0.15, -0.1) is 16.4 Å². The number of piperazine rings is 1. The summed E-state index contributed by atoms with van der Waals surface area (Å²) in [6.45, 7) is 0.761. The maximum atomic E-state index is 12.8. The molecule has 0 N–H and O–H groups in total. The van der Waals surface area contributed by atoms with Crippen molar-refractivity contribution >= 4 is 50.5 Å². The SMILES string of the molecule is O=C(ON1CCN(S(=O)(=O)c2c(Cl)cccc2Cl)CC1)c1cscn1. The van der Waals surface area contributed by atoms with Gasteiger partial charge in [0.15, 0.2) is 5.69 Å². The topological polar surface area (TPSA) is 79.8 Å². The van der Waals surface area contributed by atoms with Crippen LogP contribution >= 0.6 is 34.5 Å². The van der Waals surface area contributed by atoms with Crippen molar-refractivity contribution in [2.45, 2.75) is 4.90 Å². The molecule has 0 radical (unpaired) electrons. The van der Waals surface area contributed by atoms with Crippen molar-refractivity contribution < 1.29 is 18.0 Å². The van der Waals surface area contributed by atoms with Crippen molar-refractivity contribution in [1.29, 1.82) is 0 Å². The molecule has 25 heavy (non-hydrogen) atoms. The van der Waals surface area contributed by atoms with Gasteiger partial charge in [-0.05, 0) is 12.1 Å². The number of hydrogen-bond donors (Lipinski definition) is 0. The Bertz CT molecular complexity index is 846. The third-order valence-electron chi connectivity index (χ3n) is 3.57. The Morgan fingerprint density at radius 1 is 1.16 bits per heavy atom. The first-order valence-corrected chi connectivity index (χ1v) is 10.3. The van der Waals surface area contributed by atoms with Gasteiger partial charge in [-0.1, -0.05) is 29.3 Å². The van der Waals surface area contributed by atoms with Gasteiger partial charge >= 0.3 is 5.97 Å². The summed E-state index contributed by atoms with van der Waals surface area (Å²) in [5, 5.41) is 3.15. The van der Waals surface area contributed by atoms with E-state index in [0.717, 1.165) is 0 Å². The van der Waals surface area contributed by atoms with Crippen LogP contribution < -0.4 is 0 Å². The van der Waals surface area contributed by atoms with Gasteiger partial charge in [-0.2, -0.15) is 4.31 Å². The minimum atomic E-state index is -3.83. The molecule has 0 spiro atoms. The fourth-order valence-corrected chi connectivity index (χ4v) is 5.37. The highest BCUT2D eigenvalue weighted by molar-refractivity contribution is 7.89. The fourth-order valence-electron chi connectivity index (χ4n) is 2.34. The number of nitrogens with zero attached hydrogens (tertiary/aromatic N) is 3. The summed E-state index contributed by atoms with van der Waals surface area (Å²) in [7, 11) is -3.83. The minimum absolute atomic E-state index is 0.0740. The minimum Gasteiger partial charge on any atom is -0.363 e. The van der Waals surface area contributed by atoms with Crippen LogP contribution in [0.15, 0.2) is 34.0 Å². The Balaban J connectivity index is 1.67. The normalized spacial score (nSPS) is 16.7. The fraction of sp³-hybridized carbons (Fsp3) is 0.286. The molecule has 0 atom stereocenters. The van der Waals surface area contributed by atoms with E-state index in [4.69, 9.17) is 28.0 Å². The molecule has 1 aromatic heterocycles. The average molecular weight is 422 g/mol. The molecule has 0 aliphatic carbocycles. The number of rotatable bonds is 4. The number of halogens is 2. The predicted octanol–water partition coefficient (Wildman–Crippen LogP) is 2.53. The Morgan fingerprint density at radius 2 is 1.80 bits per heavy atom. The lowest BCUT2D eigenvalue weighted by Gasteiger charge is -2.32. The van der Waals surface area contributed by atoms with E-state index in [1.165, 1.54) is 38.3 Å². The van der Waals surface area contributed by atoms with Crippen LogP contribution in [-0.2, 0) is 14.9 Å². The maximum Gasteiger partial charge on any atom is 0.376 e. The van der Waals surface area contributed by atoms with Gasteiger partial charge in [-0.3, -0.25) is 0 Å². The number of benzene rings is 1. The summed E-state index contributed by atoms with van der Waals surface area (Å²) < 4.78 is 26.8. The van der Waals surface area contributed by atoms with E-state index in [0.29, 0.717) is 0 Å². The van der Waals surface area contributed by atoms with E-state index in [1.807, 2.05) is 0 Å². The number of hydroxylamine groups is 2. The van der Waals surface area contributed by atoms with Gasteiger partial charge in [0, 0.05) is 31.6 Å². The smallest absolute Gasteiger partial charge is 0.363 e. The first-order chi connectivity index (χ1) is 11.9. The molecular formula is C14H13Cl2N3O4S2. The molecule has 1 saturated heterocycles. The van der Waals surface area contributed by atoms with E-state index in [9.17, 15) is 13.2 Å². The second-order valence-electron chi connectivity index (χ2n) is 5.14. The summed E-state index contributed by atoms with van der Waals surface area (Å²) in [5.41, 5.74) is 1.76. The molecule has 2 heterocycles. The van der Waals surface area contributed by atoms with Crippen LogP contribution in [0.2, 0.25) is 10.0 Å². The number of hydrogen-bond acceptors (Lipinski definition) is 7. The first kappa shape index (κ1) is 18.6. The van der Waals surface area contributed by atoms with Crippen LogP contribution in [0.5, 0.6) is 0 Å². The van der Waals surface area contributed by atoms with Gasteiger partial charge in [0.1, 0.15) is 4.90 Å². The van der Waals surface area contributed by atoms with E-state index in [1.54, 1.807) is 11.4 Å². The Kier molecular flexibility index (Phi) is 5.62.